The molecule has 1 aliphatic rings. The Morgan fingerprint density at radius 2 is 1.88 bits per heavy atom. The number of amides is 1. The number of aliphatic hydroxyl groups is 1. The zero-order valence-electron chi connectivity index (χ0n) is 14.6. The lowest BCUT2D eigenvalue weighted by molar-refractivity contribution is -0.159. The van der Waals surface area contributed by atoms with E-state index in [0.717, 1.165) is 10.6 Å². The van der Waals surface area contributed by atoms with Crippen molar-refractivity contribution in [1.82, 2.24) is 5.01 Å². The molecule has 2 aromatic rings. The van der Waals surface area contributed by atoms with Gasteiger partial charge in [-0.25, -0.2) is 0 Å². The van der Waals surface area contributed by atoms with Gasteiger partial charge in [-0.1, -0.05) is 29.8 Å². The van der Waals surface area contributed by atoms with Crippen LogP contribution in [0.15, 0.2) is 53.6 Å². The molecule has 3 rings (SSSR count). The Balaban J connectivity index is 1.75. The van der Waals surface area contributed by atoms with Gasteiger partial charge in [0.15, 0.2) is 12.3 Å². The summed E-state index contributed by atoms with van der Waals surface area (Å²) in [5.74, 6) is 0.0189. The van der Waals surface area contributed by atoms with E-state index < -0.39 is 11.6 Å². The first kappa shape index (κ1) is 17.6. The maximum absolute atomic E-state index is 12.6. The van der Waals surface area contributed by atoms with E-state index in [0.29, 0.717) is 22.6 Å². The number of nitrogens with zero attached hydrogens (tertiary/aromatic N) is 3. The summed E-state index contributed by atoms with van der Waals surface area (Å²) in [6.45, 7) is 3.46. The van der Waals surface area contributed by atoms with Crippen molar-refractivity contribution in [3.63, 3.8) is 0 Å². The van der Waals surface area contributed by atoms with Gasteiger partial charge in [0.25, 0.3) is 5.91 Å². The molecule has 1 atom stereocenters. The summed E-state index contributed by atoms with van der Waals surface area (Å²) in [6, 6.07) is 15.9. The van der Waals surface area contributed by atoms with Gasteiger partial charge in [0.1, 0.15) is 5.75 Å². The number of hydrogen-bond donors (Lipinski definition) is 1. The number of ether oxygens (including phenoxy) is 1. The molecule has 132 valence electrons. The molecule has 26 heavy (non-hydrogen) atoms. The third-order valence-electron chi connectivity index (χ3n) is 4.22. The highest BCUT2D eigenvalue weighted by atomic mass is 16.5. The SMILES string of the molecule is CC1=NN(C(=O)COc2ccc(C#N)cc2)[C@](O)(c2ccc(C)cc2)C1. The Hall–Kier alpha value is -3.17. The van der Waals surface area contributed by atoms with E-state index in [9.17, 15) is 9.90 Å². The molecule has 0 unspecified atom stereocenters. The highest BCUT2D eigenvalue weighted by Crippen LogP contribution is 2.35. The lowest BCUT2D eigenvalue weighted by Gasteiger charge is -2.31. The second kappa shape index (κ2) is 6.98. The highest BCUT2D eigenvalue weighted by molar-refractivity contribution is 5.89. The molecule has 1 amide bonds. The fourth-order valence-corrected chi connectivity index (χ4v) is 2.86. The van der Waals surface area contributed by atoms with Crippen LogP contribution in [-0.4, -0.2) is 28.3 Å². The standard InChI is InChI=1S/C20H19N3O3/c1-14-3-7-17(8-4-14)20(25)11-15(2)22-23(20)19(24)13-26-18-9-5-16(12-21)6-10-18/h3-10,25H,11,13H2,1-2H3/t20-/m1/s1. The summed E-state index contributed by atoms with van der Waals surface area (Å²) in [7, 11) is 0. The van der Waals surface area contributed by atoms with Crippen LogP contribution in [-0.2, 0) is 10.5 Å². The molecular weight excluding hydrogens is 330 g/mol. The largest absolute Gasteiger partial charge is 0.484 e. The molecule has 1 N–H and O–H groups in total. The van der Waals surface area contributed by atoms with E-state index in [1.54, 1.807) is 43.3 Å². The molecule has 0 bridgehead atoms. The number of nitriles is 1. The maximum Gasteiger partial charge on any atom is 0.283 e. The third kappa shape index (κ3) is 3.44. The van der Waals surface area contributed by atoms with Gasteiger partial charge in [-0.2, -0.15) is 15.4 Å². The number of carbonyl (C=O) groups is 1. The molecule has 0 saturated carbocycles. The van der Waals surface area contributed by atoms with Gasteiger partial charge >= 0.3 is 0 Å². The lowest BCUT2D eigenvalue weighted by atomic mass is 9.97. The quantitative estimate of drug-likeness (QED) is 0.919. The average molecular weight is 349 g/mol. The first-order valence-corrected chi connectivity index (χ1v) is 8.22. The second-order valence-corrected chi connectivity index (χ2v) is 6.33. The molecule has 0 saturated heterocycles. The lowest BCUT2D eigenvalue weighted by Crippen LogP contribution is -2.45. The zero-order valence-corrected chi connectivity index (χ0v) is 14.6. The second-order valence-electron chi connectivity index (χ2n) is 6.33. The van der Waals surface area contributed by atoms with E-state index in [2.05, 4.69) is 5.10 Å². The van der Waals surface area contributed by atoms with Crippen LogP contribution < -0.4 is 4.74 Å². The first-order chi connectivity index (χ1) is 12.4. The topological polar surface area (TPSA) is 85.9 Å². The predicted molar refractivity (Wildman–Crippen MR) is 96.3 cm³/mol. The summed E-state index contributed by atoms with van der Waals surface area (Å²) in [4.78, 5) is 12.6. The van der Waals surface area contributed by atoms with Gasteiger partial charge in [-0.05, 0) is 38.1 Å². The van der Waals surface area contributed by atoms with Crippen LogP contribution in [0.3, 0.4) is 0 Å². The smallest absolute Gasteiger partial charge is 0.283 e. The van der Waals surface area contributed by atoms with Crippen molar-refractivity contribution in [2.24, 2.45) is 5.10 Å². The fourth-order valence-electron chi connectivity index (χ4n) is 2.86. The van der Waals surface area contributed by atoms with Crippen LogP contribution in [0, 0.1) is 18.3 Å². The molecule has 2 aromatic carbocycles. The number of carbonyl (C=O) groups excluding carboxylic acids is 1. The van der Waals surface area contributed by atoms with E-state index >= 15 is 0 Å². The van der Waals surface area contributed by atoms with Crippen LogP contribution in [0.25, 0.3) is 0 Å². The zero-order chi connectivity index (χ0) is 18.7. The molecular formula is C20H19N3O3. The summed E-state index contributed by atoms with van der Waals surface area (Å²) in [5, 5.41) is 25.2. The van der Waals surface area contributed by atoms with Gasteiger partial charge in [0.05, 0.1) is 11.6 Å². The van der Waals surface area contributed by atoms with Crippen molar-refractivity contribution < 1.29 is 14.6 Å². The Labute approximate surface area is 151 Å². The van der Waals surface area contributed by atoms with E-state index in [1.807, 2.05) is 25.1 Å². The normalized spacial score (nSPS) is 19.0. The number of aryl methyl sites for hydroxylation is 1. The molecule has 0 fully saturated rings. The highest BCUT2D eigenvalue weighted by Gasteiger charge is 2.44. The van der Waals surface area contributed by atoms with E-state index in [-0.39, 0.29) is 13.0 Å². The summed E-state index contributed by atoms with van der Waals surface area (Å²) < 4.78 is 5.48. The fraction of sp³-hybridized carbons (Fsp3) is 0.250. The Kier molecular flexibility index (Phi) is 4.74. The Bertz CT molecular complexity index is 882. The van der Waals surface area contributed by atoms with Crippen LogP contribution in [0.5, 0.6) is 5.75 Å². The minimum Gasteiger partial charge on any atom is -0.484 e. The maximum atomic E-state index is 12.6. The van der Waals surface area contributed by atoms with Crippen molar-refractivity contribution in [3.05, 3.63) is 65.2 Å². The Morgan fingerprint density at radius 1 is 1.23 bits per heavy atom. The third-order valence-corrected chi connectivity index (χ3v) is 4.22. The van der Waals surface area contributed by atoms with E-state index in [4.69, 9.17) is 10.00 Å². The van der Waals surface area contributed by atoms with Gasteiger partial charge < -0.3 is 9.84 Å². The van der Waals surface area contributed by atoms with Crippen molar-refractivity contribution in [2.45, 2.75) is 26.0 Å². The molecule has 1 aliphatic heterocycles. The van der Waals surface area contributed by atoms with Gasteiger partial charge in [-0.15, -0.1) is 0 Å². The van der Waals surface area contributed by atoms with Crippen molar-refractivity contribution in [1.29, 1.82) is 5.26 Å². The summed E-state index contributed by atoms with van der Waals surface area (Å²) in [5.41, 5.74) is 1.34. The number of benzene rings is 2. The molecule has 1 heterocycles. The van der Waals surface area contributed by atoms with Crippen molar-refractivity contribution in [3.8, 4) is 11.8 Å². The molecule has 0 spiro atoms. The minimum atomic E-state index is -1.51. The average Bonchev–Trinajstić information content (AvgIpc) is 2.96. The van der Waals surface area contributed by atoms with Crippen molar-refractivity contribution in [2.75, 3.05) is 6.61 Å². The molecule has 6 nitrogen and oxygen atoms in total. The van der Waals surface area contributed by atoms with Crippen LogP contribution in [0.2, 0.25) is 0 Å². The molecule has 6 heteroatoms. The first-order valence-electron chi connectivity index (χ1n) is 8.22. The minimum absolute atomic E-state index is 0.249. The van der Waals surface area contributed by atoms with Crippen LogP contribution in [0.4, 0.5) is 0 Å². The van der Waals surface area contributed by atoms with Gasteiger partial charge in [0, 0.05) is 17.7 Å². The van der Waals surface area contributed by atoms with Crippen LogP contribution >= 0.6 is 0 Å². The number of hydrazone groups is 1. The monoisotopic (exact) mass is 349 g/mol. The molecule has 0 aromatic heterocycles. The molecule has 0 radical (unpaired) electrons. The molecule has 0 aliphatic carbocycles. The van der Waals surface area contributed by atoms with Gasteiger partial charge in [-0.3, -0.25) is 4.79 Å². The predicted octanol–water partition coefficient (Wildman–Crippen LogP) is 2.70. The van der Waals surface area contributed by atoms with Crippen LogP contribution in [0.1, 0.15) is 30.0 Å². The summed E-state index contributed by atoms with van der Waals surface area (Å²) >= 11 is 0. The van der Waals surface area contributed by atoms with Crippen molar-refractivity contribution >= 4 is 11.6 Å². The van der Waals surface area contributed by atoms with E-state index in [1.165, 1.54) is 0 Å². The number of hydrogen-bond acceptors (Lipinski definition) is 5. The summed E-state index contributed by atoms with van der Waals surface area (Å²) in [6.07, 6.45) is 0.249. The Morgan fingerprint density at radius 3 is 2.50 bits per heavy atom. The number of rotatable bonds is 4. The van der Waals surface area contributed by atoms with Gasteiger partial charge in [0.2, 0.25) is 0 Å².